The summed E-state index contributed by atoms with van der Waals surface area (Å²) < 4.78 is 5.78. The van der Waals surface area contributed by atoms with E-state index in [1.54, 1.807) is 0 Å². The van der Waals surface area contributed by atoms with Crippen LogP contribution in [0.4, 0.5) is 0 Å². The molecule has 21 heavy (non-hydrogen) atoms. The normalized spacial score (nSPS) is 12.4. The zero-order chi connectivity index (χ0) is 15.8. The monoisotopic (exact) mass is 293 g/mol. The summed E-state index contributed by atoms with van der Waals surface area (Å²) in [5.74, 6) is 0.168. The smallest absolute Gasteiger partial charge is 0.304 e. The number of aliphatic carboxylic acids is 1. The second kappa shape index (κ2) is 8.67. The molecular weight excluding hydrogens is 266 g/mol. The summed E-state index contributed by atoms with van der Waals surface area (Å²) in [5.41, 5.74) is 2.41. The van der Waals surface area contributed by atoms with Gasteiger partial charge in [-0.25, -0.2) is 0 Å². The molecule has 1 atom stereocenters. The first-order chi connectivity index (χ1) is 9.92. The standard InChI is InChI=1S/C17H27NO3/c1-5-18(15(4)12-17(19)20)7-6-8-21-16-10-13(2)9-14(3)11-16/h9-11,15H,5-8,12H2,1-4H3,(H,19,20). The van der Waals surface area contributed by atoms with Crippen molar-refractivity contribution in [2.75, 3.05) is 19.7 Å². The number of carbonyl (C=O) groups is 1. The van der Waals surface area contributed by atoms with Gasteiger partial charge in [0.2, 0.25) is 0 Å². The van der Waals surface area contributed by atoms with E-state index in [-0.39, 0.29) is 12.5 Å². The van der Waals surface area contributed by atoms with Crippen LogP contribution < -0.4 is 4.74 Å². The van der Waals surface area contributed by atoms with Crippen LogP contribution in [0.25, 0.3) is 0 Å². The van der Waals surface area contributed by atoms with Gasteiger partial charge in [0.1, 0.15) is 5.75 Å². The molecule has 4 nitrogen and oxygen atoms in total. The molecule has 0 saturated carbocycles. The molecule has 1 N–H and O–H groups in total. The third kappa shape index (κ3) is 6.63. The van der Waals surface area contributed by atoms with Crippen molar-refractivity contribution in [3.63, 3.8) is 0 Å². The van der Waals surface area contributed by atoms with Gasteiger partial charge in [0, 0.05) is 12.6 Å². The summed E-state index contributed by atoms with van der Waals surface area (Å²) in [4.78, 5) is 12.9. The molecule has 118 valence electrons. The highest BCUT2D eigenvalue weighted by Crippen LogP contribution is 2.16. The van der Waals surface area contributed by atoms with Crippen LogP contribution in [0.15, 0.2) is 18.2 Å². The average Bonchev–Trinajstić information content (AvgIpc) is 2.36. The van der Waals surface area contributed by atoms with E-state index in [1.165, 1.54) is 11.1 Å². The summed E-state index contributed by atoms with van der Waals surface area (Å²) >= 11 is 0. The summed E-state index contributed by atoms with van der Waals surface area (Å²) in [7, 11) is 0. The van der Waals surface area contributed by atoms with Crippen LogP contribution in [0.5, 0.6) is 5.75 Å². The first-order valence-electron chi connectivity index (χ1n) is 7.59. The Morgan fingerprint density at radius 3 is 2.43 bits per heavy atom. The fraction of sp³-hybridized carbons (Fsp3) is 0.588. The van der Waals surface area contributed by atoms with Crippen LogP contribution in [0, 0.1) is 13.8 Å². The maximum Gasteiger partial charge on any atom is 0.304 e. The maximum atomic E-state index is 10.8. The Hall–Kier alpha value is -1.55. The number of nitrogens with zero attached hydrogens (tertiary/aromatic N) is 1. The molecule has 0 aliphatic rings. The molecular formula is C17H27NO3. The Morgan fingerprint density at radius 2 is 1.90 bits per heavy atom. The Bertz CT molecular complexity index is 439. The predicted octanol–water partition coefficient (Wildman–Crippen LogP) is 3.26. The molecule has 0 spiro atoms. The Morgan fingerprint density at radius 1 is 1.29 bits per heavy atom. The Labute approximate surface area is 127 Å². The van der Waals surface area contributed by atoms with Gasteiger partial charge >= 0.3 is 5.97 Å². The topological polar surface area (TPSA) is 49.8 Å². The second-order valence-corrected chi connectivity index (χ2v) is 5.60. The van der Waals surface area contributed by atoms with E-state index >= 15 is 0 Å². The van der Waals surface area contributed by atoms with Gasteiger partial charge in [-0.3, -0.25) is 4.79 Å². The number of hydrogen-bond acceptors (Lipinski definition) is 3. The lowest BCUT2D eigenvalue weighted by Crippen LogP contribution is -2.35. The molecule has 1 rings (SSSR count). The van der Waals surface area contributed by atoms with E-state index in [4.69, 9.17) is 9.84 Å². The van der Waals surface area contributed by atoms with Crippen LogP contribution in [0.2, 0.25) is 0 Å². The number of aryl methyl sites for hydroxylation is 2. The van der Waals surface area contributed by atoms with E-state index in [2.05, 4.69) is 31.7 Å². The fourth-order valence-corrected chi connectivity index (χ4v) is 2.55. The van der Waals surface area contributed by atoms with Crippen LogP contribution in [-0.2, 0) is 4.79 Å². The largest absolute Gasteiger partial charge is 0.494 e. The second-order valence-electron chi connectivity index (χ2n) is 5.60. The molecule has 0 amide bonds. The molecule has 0 aliphatic carbocycles. The van der Waals surface area contributed by atoms with Crippen molar-refractivity contribution in [1.29, 1.82) is 0 Å². The first-order valence-corrected chi connectivity index (χ1v) is 7.59. The minimum Gasteiger partial charge on any atom is -0.494 e. The van der Waals surface area contributed by atoms with Gasteiger partial charge in [-0.1, -0.05) is 13.0 Å². The highest BCUT2D eigenvalue weighted by Gasteiger charge is 2.14. The van der Waals surface area contributed by atoms with Crippen molar-refractivity contribution in [2.45, 2.75) is 46.6 Å². The molecule has 0 fully saturated rings. The van der Waals surface area contributed by atoms with Gasteiger partial charge in [0.15, 0.2) is 0 Å². The van der Waals surface area contributed by atoms with Crippen molar-refractivity contribution in [1.82, 2.24) is 4.90 Å². The molecule has 0 radical (unpaired) electrons. The molecule has 1 aromatic rings. The number of carboxylic acid groups (broad SMARTS) is 1. The first kappa shape index (κ1) is 17.5. The van der Waals surface area contributed by atoms with Crippen molar-refractivity contribution in [2.24, 2.45) is 0 Å². The fourth-order valence-electron chi connectivity index (χ4n) is 2.55. The van der Waals surface area contributed by atoms with Gasteiger partial charge in [-0.15, -0.1) is 0 Å². The third-order valence-electron chi connectivity index (χ3n) is 3.55. The van der Waals surface area contributed by atoms with Crippen molar-refractivity contribution < 1.29 is 14.6 Å². The van der Waals surface area contributed by atoms with Crippen molar-refractivity contribution >= 4 is 5.97 Å². The number of rotatable bonds is 9. The van der Waals surface area contributed by atoms with Gasteiger partial charge in [-0.2, -0.15) is 0 Å². The van der Waals surface area contributed by atoms with Gasteiger partial charge < -0.3 is 14.7 Å². The Kier molecular flexibility index (Phi) is 7.23. The Balaban J connectivity index is 2.36. The molecule has 1 aromatic carbocycles. The van der Waals surface area contributed by atoms with Crippen LogP contribution in [0.3, 0.4) is 0 Å². The maximum absolute atomic E-state index is 10.8. The minimum absolute atomic E-state index is 0.0636. The van der Waals surface area contributed by atoms with Crippen LogP contribution >= 0.6 is 0 Å². The van der Waals surface area contributed by atoms with E-state index in [0.717, 1.165) is 25.3 Å². The number of hydrogen-bond donors (Lipinski definition) is 1. The lowest BCUT2D eigenvalue weighted by Gasteiger charge is -2.26. The summed E-state index contributed by atoms with van der Waals surface area (Å²) in [6, 6.07) is 6.27. The van der Waals surface area contributed by atoms with Crippen molar-refractivity contribution in [3.8, 4) is 5.75 Å². The quantitative estimate of drug-likeness (QED) is 0.710. The summed E-state index contributed by atoms with van der Waals surface area (Å²) in [6.45, 7) is 10.5. The molecule has 4 heteroatoms. The van der Waals surface area contributed by atoms with E-state index in [1.807, 2.05) is 19.1 Å². The van der Waals surface area contributed by atoms with Gasteiger partial charge in [0.25, 0.3) is 0 Å². The van der Waals surface area contributed by atoms with E-state index in [9.17, 15) is 4.79 Å². The van der Waals surface area contributed by atoms with Gasteiger partial charge in [-0.05, 0) is 57.0 Å². The number of benzene rings is 1. The molecule has 0 bridgehead atoms. The number of ether oxygens (including phenoxy) is 1. The molecule has 0 saturated heterocycles. The van der Waals surface area contributed by atoms with Crippen molar-refractivity contribution in [3.05, 3.63) is 29.3 Å². The lowest BCUT2D eigenvalue weighted by atomic mass is 10.1. The summed E-state index contributed by atoms with van der Waals surface area (Å²) in [5, 5.41) is 8.85. The third-order valence-corrected chi connectivity index (χ3v) is 3.55. The predicted molar refractivity (Wildman–Crippen MR) is 85.0 cm³/mol. The van der Waals surface area contributed by atoms with Gasteiger partial charge in [0.05, 0.1) is 13.0 Å². The highest BCUT2D eigenvalue weighted by atomic mass is 16.5. The van der Waals surface area contributed by atoms with E-state index in [0.29, 0.717) is 6.61 Å². The highest BCUT2D eigenvalue weighted by molar-refractivity contribution is 5.67. The minimum atomic E-state index is -0.743. The number of carboxylic acids is 1. The van der Waals surface area contributed by atoms with Crippen LogP contribution in [0.1, 0.15) is 37.8 Å². The summed E-state index contributed by atoms with van der Waals surface area (Å²) in [6.07, 6.45) is 1.08. The average molecular weight is 293 g/mol. The SMILES string of the molecule is CCN(CCCOc1cc(C)cc(C)c1)C(C)CC(=O)O. The molecule has 0 aromatic heterocycles. The molecule has 1 unspecified atom stereocenters. The zero-order valence-corrected chi connectivity index (χ0v) is 13.6. The van der Waals surface area contributed by atoms with Crippen LogP contribution in [-0.4, -0.2) is 41.7 Å². The zero-order valence-electron chi connectivity index (χ0n) is 13.6. The molecule has 0 heterocycles. The van der Waals surface area contributed by atoms with E-state index < -0.39 is 5.97 Å². The molecule has 0 aliphatic heterocycles. The lowest BCUT2D eigenvalue weighted by molar-refractivity contribution is -0.138.